The molecule has 0 N–H and O–H groups in total. The minimum atomic E-state index is 0.00357. The van der Waals surface area contributed by atoms with Gasteiger partial charge in [-0.25, -0.2) is 0 Å². The summed E-state index contributed by atoms with van der Waals surface area (Å²) in [6.07, 6.45) is 9.21. The van der Waals surface area contributed by atoms with Crippen LogP contribution in [0.2, 0.25) is 0 Å². The Morgan fingerprint density at radius 3 is 2.42 bits per heavy atom. The van der Waals surface area contributed by atoms with Crippen LogP contribution in [-0.4, -0.2) is 47.8 Å². The van der Waals surface area contributed by atoms with Gasteiger partial charge in [0.2, 0.25) is 11.8 Å². The third kappa shape index (κ3) is 5.33. The number of rotatable bonds is 5. The summed E-state index contributed by atoms with van der Waals surface area (Å²) in [5.74, 6) is 0.506. The molecule has 2 saturated heterocycles. The molecule has 0 aromatic heterocycles. The molecule has 0 bridgehead atoms. The van der Waals surface area contributed by atoms with Crippen LogP contribution in [-0.2, 0) is 16.0 Å². The average Bonchev–Trinajstić information content (AvgIpc) is 2.63. The number of carbonyl (C=O) groups is 2. The molecule has 0 radical (unpaired) electrons. The molecular weight excluding hydrogens is 324 g/mol. The van der Waals surface area contributed by atoms with Crippen LogP contribution >= 0.6 is 0 Å². The van der Waals surface area contributed by atoms with Gasteiger partial charge in [-0.2, -0.15) is 0 Å². The molecule has 4 heteroatoms. The largest absolute Gasteiger partial charge is 0.342 e. The average molecular weight is 357 g/mol. The number of piperidine rings is 1. The fourth-order valence-electron chi connectivity index (χ4n) is 4.18. The van der Waals surface area contributed by atoms with Crippen molar-refractivity contribution < 1.29 is 9.59 Å². The highest BCUT2D eigenvalue weighted by atomic mass is 16.2. The molecule has 26 heavy (non-hydrogen) atoms. The van der Waals surface area contributed by atoms with Crippen LogP contribution in [0, 0.1) is 5.92 Å². The van der Waals surface area contributed by atoms with Gasteiger partial charge in [0.1, 0.15) is 0 Å². The lowest BCUT2D eigenvalue weighted by atomic mass is 9.95. The van der Waals surface area contributed by atoms with Gasteiger partial charge in [-0.3, -0.25) is 9.59 Å². The van der Waals surface area contributed by atoms with Crippen molar-refractivity contribution in [2.45, 2.75) is 57.8 Å². The predicted octanol–water partition coefficient (Wildman–Crippen LogP) is 3.65. The topological polar surface area (TPSA) is 40.6 Å². The van der Waals surface area contributed by atoms with Gasteiger partial charge in [0, 0.05) is 32.6 Å². The molecular formula is C22H32N2O2. The second-order valence-electron chi connectivity index (χ2n) is 7.76. The highest BCUT2D eigenvalue weighted by Gasteiger charge is 2.32. The van der Waals surface area contributed by atoms with E-state index < -0.39 is 0 Å². The first-order valence-corrected chi connectivity index (χ1v) is 10.3. The molecule has 2 aliphatic heterocycles. The smallest absolute Gasteiger partial charge is 0.227 e. The van der Waals surface area contributed by atoms with Crippen molar-refractivity contribution in [3.05, 3.63) is 35.9 Å². The quantitative estimate of drug-likeness (QED) is 0.808. The van der Waals surface area contributed by atoms with Crippen LogP contribution in [0.4, 0.5) is 0 Å². The maximum Gasteiger partial charge on any atom is 0.227 e. The summed E-state index contributed by atoms with van der Waals surface area (Å²) in [6, 6.07) is 10.4. The van der Waals surface area contributed by atoms with E-state index in [4.69, 9.17) is 0 Å². The minimum Gasteiger partial charge on any atom is -0.342 e. The lowest BCUT2D eigenvalue weighted by Crippen LogP contribution is -2.48. The Labute approximate surface area is 157 Å². The Kier molecular flexibility index (Phi) is 7.10. The molecule has 1 atom stereocenters. The number of carbonyl (C=O) groups excluding carboxylic acids is 2. The van der Waals surface area contributed by atoms with E-state index in [-0.39, 0.29) is 17.7 Å². The zero-order valence-corrected chi connectivity index (χ0v) is 15.9. The molecule has 0 unspecified atom stereocenters. The van der Waals surface area contributed by atoms with Gasteiger partial charge >= 0.3 is 0 Å². The molecule has 2 aliphatic rings. The van der Waals surface area contributed by atoms with Crippen molar-refractivity contribution in [1.82, 2.24) is 9.80 Å². The fraction of sp³-hybridized carbons (Fsp3) is 0.636. The molecule has 1 aromatic carbocycles. The number of aryl methyl sites for hydroxylation is 1. The Bertz CT molecular complexity index is 579. The van der Waals surface area contributed by atoms with Crippen molar-refractivity contribution in [3.8, 4) is 0 Å². The fourth-order valence-corrected chi connectivity index (χ4v) is 4.18. The zero-order valence-electron chi connectivity index (χ0n) is 15.9. The molecule has 4 nitrogen and oxygen atoms in total. The molecule has 0 aliphatic carbocycles. The van der Waals surface area contributed by atoms with Gasteiger partial charge < -0.3 is 9.80 Å². The predicted molar refractivity (Wildman–Crippen MR) is 104 cm³/mol. The van der Waals surface area contributed by atoms with E-state index in [0.29, 0.717) is 13.0 Å². The minimum absolute atomic E-state index is 0.00357. The highest BCUT2D eigenvalue weighted by Crippen LogP contribution is 2.22. The standard InChI is InChI=1S/C22H32N2O2/c25-21-14-13-20(22(26)23-15-7-2-1-3-8-16-23)18-24(21)17-9-12-19-10-5-4-6-11-19/h4-6,10-11,20H,1-3,7-9,12-18H2/t20-/m1/s1. The molecule has 1 aromatic rings. The molecule has 3 rings (SSSR count). The maximum absolute atomic E-state index is 13.0. The summed E-state index contributed by atoms with van der Waals surface area (Å²) < 4.78 is 0. The normalized spacial score (nSPS) is 22.0. The number of hydrogen-bond donors (Lipinski definition) is 0. The van der Waals surface area contributed by atoms with E-state index in [0.717, 1.165) is 51.7 Å². The summed E-state index contributed by atoms with van der Waals surface area (Å²) in [6.45, 7) is 3.18. The number of nitrogens with zero attached hydrogens (tertiary/aromatic N) is 2. The first-order valence-electron chi connectivity index (χ1n) is 10.3. The number of amides is 2. The van der Waals surface area contributed by atoms with Crippen molar-refractivity contribution in [3.63, 3.8) is 0 Å². The second kappa shape index (κ2) is 9.75. The molecule has 0 spiro atoms. The van der Waals surface area contributed by atoms with Crippen molar-refractivity contribution in [2.24, 2.45) is 5.92 Å². The summed E-state index contributed by atoms with van der Waals surface area (Å²) in [5, 5.41) is 0. The van der Waals surface area contributed by atoms with Crippen LogP contribution in [0.25, 0.3) is 0 Å². The van der Waals surface area contributed by atoms with E-state index in [1.807, 2.05) is 11.0 Å². The number of benzene rings is 1. The van der Waals surface area contributed by atoms with E-state index >= 15 is 0 Å². The Morgan fingerprint density at radius 1 is 1.00 bits per heavy atom. The molecule has 2 amide bonds. The van der Waals surface area contributed by atoms with Gasteiger partial charge in [-0.1, -0.05) is 49.6 Å². The van der Waals surface area contributed by atoms with E-state index in [1.54, 1.807) is 0 Å². The summed E-state index contributed by atoms with van der Waals surface area (Å²) in [7, 11) is 0. The van der Waals surface area contributed by atoms with Crippen LogP contribution in [0.1, 0.15) is 56.9 Å². The molecule has 142 valence electrons. The Morgan fingerprint density at radius 2 is 1.69 bits per heavy atom. The van der Waals surface area contributed by atoms with Crippen LogP contribution in [0.3, 0.4) is 0 Å². The monoisotopic (exact) mass is 356 g/mol. The first-order chi connectivity index (χ1) is 12.7. The van der Waals surface area contributed by atoms with Gasteiger partial charge in [0.05, 0.1) is 5.92 Å². The number of hydrogen-bond acceptors (Lipinski definition) is 2. The summed E-state index contributed by atoms with van der Waals surface area (Å²) in [4.78, 5) is 29.2. The second-order valence-corrected chi connectivity index (χ2v) is 7.76. The molecule has 2 fully saturated rings. The summed E-state index contributed by atoms with van der Waals surface area (Å²) >= 11 is 0. The Hall–Kier alpha value is -1.84. The lowest BCUT2D eigenvalue weighted by Gasteiger charge is -2.35. The SMILES string of the molecule is O=C1CC[C@@H](C(=O)N2CCCCCCC2)CN1CCCc1ccccc1. The van der Waals surface area contributed by atoms with Gasteiger partial charge in [0.15, 0.2) is 0 Å². The molecule has 0 saturated carbocycles. The maximum atomic E-state index is 13.0. The molecule has 2 heterocycles. The van der Waals surface area contributed by atoms with Crippen molar-refractivity contribution in [2.75, 3.05) is 26.2 Å². The van der Waals surface area contributed by atoms with Crippen molar-refractivity contribution in [1.29, 1.82) is 0 Å². The van der Waals surface area contributed by atoms with Crippen LogP contribution in [0.15, 0.2) is 30.3 Å². The van der Waals surface area contributed by atoms with Gasteiger partial charge in [0.25, 0.3) is 0 Å². The van der Waals surface area contributed by atoms with Crippen LogP contribution < -0.4 is 0 Å². The third-order valence-corrected chi connectivity index (χ3v) is 5.75. The highest BCUT2D eigenvalue weighted by molar-refractivity contribution is 5.83. The Balaban J connectivity index is 1.50. The van der Waals surface area contributed by atoms with Gasteiger partial charge in [-0.05, 0) is 37.7 Å². The third-order valence-electron chi connectivity index (χ3n) is 5.75. The van der Waals surface area contributed by atoms with Crippen molar-refractivity contribution >= 4 is 11.8 Å². The van der Waals surface area contributed by atoms with E-state index in [2.05, 4.69) is 29.2 Å². The number of likely N-dealkylation sites (tertiary alicyclic amines) is 2. The summed E-state index contributed by atoms with van der Waals surface area (Å²) in [5.41, 5.74) is 1.31. The first kappa shape index (κ1) is 18.9. The van der Waals surface area contributed by atoms with Gasteiger partial charge in [-0.15, -0.1) is 0 Å². The van der Waals surface area contributed by atoms with Crippen LogP contribution in [0.5, 0.6) is 0 Å². The van der Waals surface area contributed by atoms with E-state index in [1.165, 1.54) is 24.8 Å². The zero-order chi connectivity index (χ0) is 18.2. The lowest BCUT2D eigenvalue weighted by molar-refractivity contribution is -0.143. The van der Waals surface area contributed by atoms with E-state index in [9.17, 15) is 9.59 Å².